The second kappa shape index (κ2) is 11.3. The van der Waals surface area contributed by atoms with E-state index in [1.165, 1.54) is 21.8 Å². The number of hydrogen-bond donors (Lipinski definition) is 1. The number of thiazole rings is 1. The van der Waals surface area contributed by atoms with Crippen molar-refractivity contribution in [1.29, 1.82) is 0 Å². The van der Waals surface area contributed by atoms with E-state index in [2.05, 4.69) is 36.2 Å². The third kappa shape index (κ3) is 4.56. The molecule has 3 heterocycles. The van der Waals surface area contributed by atoms with Crippen LogP contribution < -0.4 is 14.5 Å². The average Bonchev–Trinajstić information content (AvgIpc) is 3.80. The van der Waals surface area contributed by atoms with Crippen molar-refractivity contribution < 1.29 is 23.9 Å². The van der Waals surface area contributed by atoms with E-state index in [1.54, 1.807) is 43.0 Å². The van der Waals surface area contributed by atoms with Gasteiger partial charge in [-0.05, 0) is 91.1 Å². The summed E-state index contributed by atoms with van der Waals surface area (Å²) in [5.41, 5.74) is 4.26. The van der Waals surface area contributed by atoms with E-state index >= 15 is 0 Å². The third-order valence-corrected chi connectivity index (χ3v) is 12.8. The Hall–Kier alpha value is -4.15. The first-order chi connectivity index (χ1) is 22.3. The van der Waals surface area contributed by atoms with Gasteiger partial charge in [0.05, 0.1) is 34.7 Å². The van der Waals surface area contributed by atoms with E-state index in [9.17, 15) is 19.2 Å². The number of fused-ring (bicyclic) bond motifs is 9. The van der Waals surface area contributed by atoms with Gasteiger partial charge in [0, 0.05) is 16.0 Å². The molecular formula is C36H32N2O6S2. The van der Waals surface area contributed by atoms with Crippen molar-refractivity contribution in [2.75, 3.05) is 11.5 Å². The molecule has 2 saturated carbocycles. The Morgan fingerprint density at radius 1 is 0.935 bits per heavy atom. The topological polar surface area (TPSA) is 106 Å². The quantitative estimate of drug-likeness (QED) is 0.188. The summed E-state index contributed by atoms with van der Waals surface area (Å²) in [6, 6.07) is 22.8. The van der Waals surface area contributed by atoms with Gasteiger partial charge >= 0.3 is 10.8 Å². The minimum absolute atomic E-state index is 0.0140. The van der Waals surface area contributed by atoms with Crippen LogP contribution in [0.4, 0.5) is 5.69 Å². The highest BCUT2D eigenvalue weighted by molar-refractivity contribution is 8.00. The molecule has 4 aliphatic rings. The highest BCUT2D eigenvalue weighted by atomic mass is 32.2. The Bertz CT molecular complexity index is 1920. The SMILES string of the molecule is CCOC(=O)c1ccc(N2C(=O)C3C4CC(C3C2=O)C2C4Sc3[nH]c(=O)sc3[C@@H]2c2ccc(OCc3ccccc3C)cc2)cc1. The van der Waals surface area contributed by atoms with Crippen LogP contribution in [0.3, 0.4) is 0 Å². The fraction of sp³-hybridized carbons (Fsp3) is 0.333. The molecule has 0 spiro atoms. The van der Waals surface area contributed by atoms with Gasteiger partial charge in [-0.15, -0.1) is 11.8 Å². The number of H-pyrrole nitrogens is 1. The highest BCUT2D eigenvalue weighted by Gasteiger charge is 2.69. The molecule has 3 fully saturated rings. The zero-order chi connectivity index (χ0) is 31.7. The number of carbonyl (C=O) groups excluding carboxylic acids is 3. The fourth-order valence-electron chi connectivity index (χ4n) is 8.31. The van der Waals surface area contributed by atoms with Gasteiger partial charge in [0.15, 0.2) is 0 Å². The number of carbonyl (C=O) groups is 3. The number of imide groups is 1. The first-order valence-electron chi connectivity index (χ1n) is 15.7. The van der Waals surface area contributed by atoms with Crippen LogP contribution in [0.15, 0.2) is 82.6 Å². The molecular weight excluding hydrogens is 621 g/mol. The number of ether oxygens (including phenoxy) is 2. The van der Waals surface area contributed by atoms with Crippen molar-refractivity contribution in [2.24, 2.45) is 29.6 Å². The summed E-state index contributed by atoms with van der Waals surface area (Å²) in [5.74, 6) is -0.702. The van der Waals surface area contributed by atoms with E-state index in [4.69, 9.17) is 9.47 Å². The molecule has 7 atom stereocenters. The summed E-state index contributed by atoms with van der Waals surface area (Å²) in [6.45, 7) is 4.56. The second-order valence-corrected chi connectivity index (χ2v) is 14.7. The maximum atomic E-state index is 14.1. The number of hydrogen-bond acceptors (Lipinski definition) is 8. The molecule has 8 nitrogen and oxygen atoms in total. The number of nitrogens with one attached hydrogen (secondary N) is 1. The van der Waals surface area contributed by atoms with Crippen LogP contribution in [0.5, 0.6) is 5.75 Å². The van der Waals surface area contributed by atoms with Crippen molar-refractivity contribution in [1.82, 2.24) is 4.98 Å². The summed E-state index contributed by atoms with van der Waals surface area (Å²) in [6.07, 6.45) is 0.818. The minimum Gasteiger partial charge on any atom is -0.489 e. The molecule has 1 aromatic heterocycles. The molecule has 1 N–H and O–H groups in total. The van der Waals surface area contributed by atoms with Gasteiger partial charge in [0.25, 0.3) is 0 Å². The van der Waals surface area contributed by atoms with E-state index in [-0.39, 0.29) is 58.1 Å². The normalized spacial score (nSPS) is 27.3. The predicted octanol–water partition coefficient (Wildman–Crippen LogP) is 6.18. The van der Waals surface area contributed by atoms with E-state index in [0.717, 1.165) is 33.2 Å². The lowest BCUT2D eigenvalue weighted by Gasteiger charge is -2.43. The van der Waals surface area contributed by atoms with Crippen LogP contribution in [0.2, 0.25) is 0 Å². The van der Waals surface area contributed by atoms with Crippen molar-refractivity contribution in [3.63, 3.8) is 0 Å². The Morgan fingerprint density at radius 3 is 2.37 bits per heavy atom. The molecule has 3 aromatic carbocycles. The van der Waals surface area contributed by atoms with E-state index in [0.29, 0.717) is 17.9 Å². The molecule has 1 saturated heterocycles. The fourth-order valence-corrected chi connectivity index (χ4v) is 11.2. The predicted molar refractivity (Wildman–Crippen MR) is 175 cm³/mol. The lowest BCUT2D eigenvalue weighted by atomic mass is 9.68. The summed E-state index contributed by atoms with van der Waals surface area (Å²) < 4.78 is 11.2. The van der Waals surface area contributed by atoms with Gasteiger partial charge in [-0.25, -0.2) is 4.79 Å². The van der Waals surface area contributed by atoms with Crippen molar-refractivity contribution in [3.05, 3.63) is 110 Å². The van der Waals surface area contributed by atoms with Crippen LogP contribution in [-0.4, -0.2) is 34.6 Å². The lowest BCUT2D eigenvalue weighted by Crippen LogP contribution is -2.42. The van der Waals surface area contributed by atoms with Crippen LogP contribution in [0, 0.1) is 36.5 Å². The first-order valence-corrected chi connectivity index (χ1v) is 17.4. The standard InChI is InChI=1S/C36H32N2O6S2/c1-3-43-35(41)20-8-12-22(13-9-20)38-33(39)28-24-16-25(29(28)34(38)40)30-27(24)26(31-32(45-30)37-36(42)46-31)19-10-14-23(15-11-19)44-17-21-7-5-4-6-18(21)2/h4-15,24-30H,3,16-17H2,1-2H3,(H,37,42)/t24?,25?,26-,27?,28?,29?,30?/m1/s1. The number of aromatic nitrogens is 1. The molecule has 10 heteroatoms. The average molecular weight is 653 g/mol. The van der Waals surface area contributed by atoms with Gasteiger partial charge in [0.2, 0.25) is 11.8 Å². The molecule has 4 aromatic rings. The summed E-state index contributed by atoms with van der Waals surface area (Å²) in [5, 5.41) is 0.988. The van der Waals surface area contributed by atoms with Gasteiger partial charge in [0.1, 0.15) is 12.4 Å². The van der Waals surface area contributed by atoms with Gasteiger partial charge in [-0.2, -0.15) is 0 Å². The Balaban J connectivity index is 1.09. The molecule has 2 bridgehead atoms. The van der Waals surface area contributed by atoms with Crippen LogP contribution in [0.25, 0.3) is 0 Å². The largest absolute Gasteiger partial charge is 0.489 e. The Morgan fingerprint density at radius 2 is 1.65 bits per heavy atom. The van der Waals surface area contributed by atoms with E-state index < -0.39 is 11.9 Å². The van der Waals surface area contributed by atoms with E-state index in [1.807, 2.05) is 24.3 Å². The molecule has 2 aliphatic carbocycles. The lowest BCUT2D eigenvalue weighted by molar-refractivity contribution is -0.123. The van der Waals surface area contributed by atoms with Gasteiger partial charge < -0.3 is 14.5 Å². The second-order valence-electron chi connectivity index (χ2n) is 12.5. The van der Waals surface area contributed by atoms with Crippen molar-refractivity contribution >= 4 is 46.6 Å². The molecule has 2 aliphatic heterocycles. The number of rotatable bonds is 7. The van der Waals surface area contributed by atoms with Gasteiger partial charge in [-0.3, -0.25) is 19.3 Å². The molecule has 6 unspecified atom stereocenters. The van der Waals surface area contributed by atoms with Crippen molar-refractivity contribution in [3.8, 4) is 5.75 Å². The number of anilines is 1. The number of amides is 2. The monoisotopic (exact) mass is 652 g/mol. The molecule has 46 heavy (non-hydrogen) atoms. The molecule has 0 radical (unpaired) electrons. The number of nitrogens with zero attached hydrogens (tertiary/aromatic N) is 1. The summed E-state index contributed by atoms with van der Waals surface area (Å²) >= 11 is 2.93. The number of benzene rings is 3. The summed E-state index contributed by atoms with van der Waals surface area (Å²) in [4.78, 5) is 58.1. The number of aryl methyl sites for hydroxylation is 1. The minimum atomic E-state index is -0.438. The first kappa shape index (κ1) is 29.3. The van der Waals surface area contributed by atoms with Crippen molar-refractivity contribution in [2.45, 2.75) is 43.1 Å². The number of esters is 1. The Labute approximate surface area is 274 Å². The molecule has 234 valence electrons. The van der Waals surface area contributed by atoms with Crippen LogP contribution in [0.1, 0.15) is 51.2 Å². The maximum Gasteiger partial charge on any atom is 0.338 e. The van der Waals surface area contributed by atoms with Crippen LogP contribution >= 0.6 is 23.1 Å². The summed E-state index contributed by atoms with van der Waals surface area (Å²) in [7, 11) is 0. The highest BCUT2D eigenvalue weighted by Crippen LogP contribution is 2.68. The zero-order valence-electron chi connectivity index (χ0n) is 25.3. The zero-order valence-corrected chi connectivity index (χ0v) is 26.9. The smallest absolute Gasteiger partial charge is 0.338 e. The Kier molecular flexibility index (Phi) is 7.17. The third-order valence-electron chi connectivity index (χ3n) is 10.3. The van der Waals surface area contributed by atoms with Crippen LogP contribution in [-0.2, 0) is 20.9 Å². The maximum absolute atomic E-state index is 14.1. The van der Waals surface area contributed by atoms with Gasteiger partial charge in [-0.1, -0.05) is 47.7 Å². The number of thioether (sulfide) groups is 1. The number of aromatic amines is 1. The molecule has 2 amide bonds. The molecule has 8 rings (SSSR count).